The Bertz CT molecular complexity index is 340. The van der Waals surface area contributed by atoms with Crippen molar-refractivity contribution in [2.24, 2.45) is 5.73 Å². The first-order valence-corrected chi connectivity index (χ1v) is 4.39. The number of hydrogen-bond acceptors (Lipinski definition) is 5. The number of hydrogen-bond donors (Lipinski definition) is 2. The second-order valence-electron chi connectivity index (χ2n) is 3.72. The molecule has 1 heterocycles. The number of aromatic nitrogens is 2. The molecule has 80 valence electrons. The smallest absolute Gasteiger partial charge is 0.376 e. The van der Waals surface area contributed by atoms with Crippen LogP contribution in [0.15, 0.2) is 9.32 Å². The summed E-state index contributed by atoms with van der Waals surface area (Å²) < 4.78 is 9.70. The lowest BCUT2D eigenvalue weighted by Crippen LogP contribution is -2.40. The van der Waals surface area contributed by atoms with Gasteiger partial charge in [0, 0.05) is 0 Å². The zero-order valence-corrected chi connectivity index (χ0v) is 8.53. The summed E-state index contributed by atoms with van der Waals surface area (Å²) in [6, 6.07) is 0. The van der Waals surface area contributed by atoms with Crippen LogP contribution in [0.3, 0.4) is 0 Å². The van der Waals surface area contributed by atoms with Crippen molar-refractivity contribution >= 4 is 0 Å². The van der Waals surface area contributed by atoms with E-state index in [1.165, 1.54) is 0 Å². The zero-order chi connectivity index (χ0) is 10.8. The predicted molar refractivity (Wildman–Crippen MR) is 49.8 cm³/mol. The van der Waals surface area contributed by atoms with E-state index >= 15 is 0 Å². The van der Waals surface area contributed by atoms with Crippen molar-refractivity contribution < 1.29 is 9.26 Å². The van der Waals surface area contributed by atoms with E-state index in [2.05, 4.69) is 14.7 Å². The maximum atomic E-state index is 10.7. The monoisotopic (exact) mass is 201 g/mol. The number of nitrogens with two attached hydrogens (primary N) is 1. The van der Waals surface area contributed by atoms with Crippen molar-refractivity contribution in [1.82, 2.24) is 10.1 Å². The van der Waals surface area contributed by atoms with Gasteiger partial charge in [-0.05, 0) is 20.8 Å². The Morgan fingerprint density at radius 2 is 2.36 bits per heavy atom. The lowest BCUT2D eigenvalue weighted by atomic mass is 10.1. The molecule has 0 aliphatic carbocycles. The Hall–Kier alpha value is -1.14. The minimum Gasteiger partial charge on any atom is -0.376 e. The molecular weight excluding hydrogens is 186 g/mol. The van der Waals surface area contributed by atoms with Gasteiger partial charge in [0.15, 0.2) is 5.82 Å². The van der Waals surface area contributed by atoms with Gasteiger partial charge in [0.1, 0.15) is 0 Å². The van der Waals surface area contributed by atoms with E-state index in [0.29, 0.717) is 5.82 Å². The van der Waals surface area contributed by atoms with E-state index in [4.69, 9.17) is 10.5 Å². The Kier molecular flexibility index (Phi) is 3.07. The zero-order valence-electron chi connectivity index (χ0n) is 8.53. The fourth-order valence-corrected chi connectivity index (χ4v) is 0.885. The minimum absolute atomic E-state index is 0.0801. The first-order chi connectivity index (χ1) is 6.42. The van der Waals surface area contributed by atoms with Crippen LogP contribution < -0.4 is 11.5 Å². The van der Waals surface area contributed by atoms with Crippen LogP contribution in [0.5, 0.6) is 0 Å². The van der Waals surface area contributed by atoms with Crippen molar-refractivity contribution in [1.29, 1.82) is 0 Å². The number of ether oxygens (including phenoxy) is 1. The van der Waals surface area contributed by atoms with Crippen LogP contribution in [0, 0.1) is 0 Å². The van der Waals surface area contributed by atoms with Gasteiger partial charge in [0.2, 0.25) is 0 Å². The number of rotatable bonds is 4. The Balaban J connectivity index is 2.70. The van der Waals surface area contributed by atoms with E-state index in [9.17, 15) is 4.79 Å². The molecule has 0 aromatic carbocycles. The van der Waals surface area contributed by atoms with Crippen LogP contribution >= 0.6 is 0 Å². The topological polar surface area (TPSA) is 94.1 Å². The lowest BCUT2D eigenvalue weighted by molar-refractivity contribution is 0.0410. The second-order valence-corrected chi connectivity index (χ2v) is 3.72. The fourth-order valence-electron chi connectivity index (χ4n) is 0.885. The molecule has 0 radical (unpaired) electrons. The number of nitrogens with one attached hydrogen (secondary N) is 1. The van der Waals surface area contributed by atoms with Crippen molar-refractivity contribution in [3.63, 3.8) is 0 Å². The maximum absolute atomic E-state index is 10.7. The van der Waals surface area contributed by atoms with E-state index in [1.54, 1.807) is 6.92 Å². The second kappa shape index (κ2) is 3.93. The van der Waals surface area contributed by atoms with Gasteiger partial charge in [-0.3, -0.25) is 9.51 Å². The third-order valence-electron chi connectivity index (χ3n) is 1.70. The number of nitrogens with zero attached hydrogens (tertiary/aromatic N) is 1. The predicted octanol–water partition coefficient (Wildman–Crippen LogP) is -0.0382. The molecule has 0 amide bonds. The molecule has 0 bridgehead atoms. The van der Waals surface area contributed by atoms with Crippen LogP contribution in [-0.2, 0) is 10.3 Å². The Labute approximate surface area is 81.4 Å². The molecule has 0 aliphatic heterocycles. The first-order valence-electron chi connectivity index (χ1n) is 4.39. The maximum Gasteiger partial charge on any atom is 0.438 e. The average Bonchev–Trinajstić information content (AvgIpc) is 2.49. The van der Waals surface area contributed by atoms with Gasteiger partial charge in [0.25, 0.3) is 0 Å². The Morgan fingerprint density at radius 1 is 1.71 bits per heavy atom. The number of aromatic amines is 1. The highest BCUT2D eigenvalue weighted by Crippen LogP contribution is 2.12. The summed E-state index contributed by atoms with van der Waals surface area (Å²) in [5.41, 5.74) is 5.05. The summed E-state index contributed by atoms with van der Waals surface area (Å²) >= 11 is 0. The van der Waals surface area contributed by atoms with E-state index < -0.39 is 11.3 Å². The van der Waals surface area contributed by atoms with Crippen molar-refractivity contribution in [3.05, 3.63) is 16.4 Å². The van der Waals surface area contributed by atoms with Crippen LogP contribution in [0.25, 0.3) is 0 Å². The molecule has 6 nitrogen and oxygen atoms in total. The molecule has 1 unspecified atom stereocenters. The highest BCUT2D eigenvalue weighted by atomic mass is 16.5. The van der Waals surface area contributed by atoms with Gasteiger partial charge in [-0.25, -0.2) is 4.79 Å². The van der Waals surface area contributed by atoms with Crippen LogP contribution in [-0.4, -0.2) is 22.9 Å². The third-order valence-corrected chi connectivity index (χ3v) is 1.70. The molecular formula is C8H15N3O3. The fraction of sp³-hybridized carbons (Fsp3) is 0.750. The van der Waals surface area contributed by atoms with Gasteiger partial charge in [-0.2, -0.15) is 0 Å². The van der Waals surface area contributed by atoms with Gasteiger partial charge in [0.05, 0.1) is 18.2 Å². The normalized spacial score (nSPS) is 15.8. The van der Waals surface area contributed by atoms with Gasteiger partial charge in [-0.1, -0.05) is 5.16 Å². The summed E-state index contributed by atoms with van der Waals surface area (Å²) in [6.07, 6.45) is 0.0801. The van der Waals surface area contributed by atoms with Crippen LogP contribution in [0.4, 0.5) is 0 Å². The van der Waals surface area contributed by atoms with E-state index in [-0.39, 0.29) is 12.7 Å². The lowest BCUT2D eigenvalue weighted by Gasteiger charge is -2.21. The van der Waals surface area contributed by atoms with Crippen LogP contribution in [0.1, 0.15) is 26.6 Å². The minimum atomic E-state index is -0.837. The molecule has 0 spiro atoms. The third kappa shape index (κ3) is 2.68. The Morgan fingerprint density at radius 3 is 2.79 bits per heavy atom. The molecule has 1 aromatic rings. The quantitative estimate of drug-likeness (QED) is 0.712. The van der Waals surface area contributed by atoms with Gasteiger partial charge >= 0.3 is 5.76 Å². The highest BCUT2D eigenvalue weighted by molar-refractivity contribution is 4.98. The summed E-state index contributed by atoms with van der Waals surface area (Å²) in [7, 11) is 0. The van der Waals surface area contributed by atoms with Crippen molar-refractivity contribution in [2.75, 3.05) is 6.61 Å². The number of H-pyrrole nitrogens is 1. The molecule has 0 fully saturated rings. The van der Waals surface area contributed by atoms with E-state index in [0.717, 1.165) is 0 Å². The van der Waals surface area contributed by atoms with Gasteiger partial charge < -0.3 is 10.5 Å². The molecule has 0 saturated carbocycles. The molecule has 0 aliphatic rings. The van der Waals surface area contributed by atoms with E-state index in [1.807, 2.05) is 13.8 Å². The molecule has 14 heavy (non-hydrogen) atoms. The standard InChI is InChI=1S/C8H15N3O3/c1-5(2)13-4-8(3,9)6-10-7(12)14-11-6/h5H,4,9H2,1-3H3,(H,10,11,12). The largest absolute Gasteiger partial charge is 0.438 e. The summed E-state index contributed by atoms with van der Waals surface area (Å²) in [4.78, 5) is 13.1. The summed E-state index contributed by atoms with van der Waals surface area (Å²) in [5, 5.41) is 3.52. The first kappa shape index (κ1) is 10.9. The molecule has 6 heteroatoms. The molecule has 0 saturated heterocycles. The molecule has 1 atom stereocenters. The molecule has 1 rings (SSSR count). The average molecular weight is 201 g/mol. The summed E-state index contributed by atoms with van der Waals surface area (Å²) in [5.74, 6) is -0.315. The summed E-state index contributed by atoms with van der Waals surface area (Å²) in [6.45, 7) is 5.79. The molecule has 1 aromatic heterocycles. The van der Waals surface area contributed by atoms with Crippen LogP contribution in [0.2, 0.25) is 0 Å². The highest BCUT2D eigenvalue weighted by Gasteiger charge is 2.26. The SMILES string of the molecule is CC(C)OCC(C)(N)c1noc(=O)[nH]1. The molecule has 3 N–H and O–H groups in total. The van der Waals surface area contributed by atoms with Gasteiger partial charge in [-0.15, -0.1) is 0 Å². The van der Waals surface area contributed by atoms with Crippen molar-refractivity contribution in [3.8, 4) is 0 Å². The van der Waals surface area contributed by atoms with Crippen molar-refractivity contribution in [2.45, 2.75) is 32.4 Å².